The number of hydrogen-bond donors (Lipinski definition) is 1. The summed E-state index contributed by atoms with van der Waals surface area (Å²) < 4.78 is 6.65. The molecule has 4 atom stereocenters. The topological polar surface area (TPSA) is 129 Å². The number of aromatic nitrogens is 1. The quantitative estimate of drug-likeness (QED) is 0.377. The lowest BCUT2D eigenvalue weighted by Gasteiger charge is -2.43. The van der Waals surface area contributed by atoms with E-state index in [-0.39, 0.29) is 30.4 Å². The Labute approximate surface area is 283 Å². The largest absolute Gasteiger partial charge is 0.488 e. The van der Waals surface area contributed by atoms with Crippen LogP contribution in [0.1, 0.15) is 85.5 Å². The Kier molecular flexibility index (Phi) is 8.76. The first-order valence-corrected chi connectivity index (χ1v) is 17.6. The predicted octanol–water partition coefficient (Wildman–Crippen LogP) is 4.02. The van der Waals surface area contributed by atoms with Gasteiger partial charge in [0.2, 0.25) is 11.8 Å². The maximum atomic E-state index is 14.5. The van der Waals surface area contributed by atoms with Crippen LogP contribution in [0.15, 0.2) is 47.8 Å². The predicted molar refractivity (Wildman–Crippen MR) is 178 cm³/mol. The summed E-state index contributed by atoms with van der Waals surface area (Å²) in [6.07, 6.45) is 3.86. The smallest absolute Gasteiger partial charge is 0.273 e. The fourth-order valence-corrected chi connectivity index (χ4v) is 8.41. The number of benzene rings is 2. The first kappa shape index (κ1) is 32.0. The summed E-state index contributed by atoms with van der Waals surface area (Å²) >= 11 is 1.44. The molecular weight excluding hydrogens is 630 g/mol. The molecule has 1 saturated carbocycles. The molecule has 1 aliphatic carbocycles. The van der Waals surface area contributed by atoms with Crippen LogP contribution in [0.3, 0.4) is 0 Å². The number of carbonyl (C=O) groups excluding carboxylic acids is 5. The number of imide groups is 1. The number of likely N-dealkylation sites (tertiary alicyclic amines) is 1. The van der Waals surface area contributed by atoms with Crippen molar-refractivity contribution in [1.29, 1.82) is 0 Å². The van der Waals surface area contributed by atoms with Crippen LogP contribution in [0.25, 0.3) is 0 Å². The maximum absolute atomic E-state index is 14.5. The van der Waals surface area contributed by atoms with Crippen molar-refractivity contribution in [3.05, 3.63) is 80.8 Å². The van der Waals surface area contributed by atoms with Gasteiger partial charge in [-0.15, -0.1) is 11.3 Å². The normalized spacial score (nSPS) is 23.6. The summed E-state index contributed by atoms with van der Waals surface area (Å²) in [5.41, 5.74) is 2.87. The minimum absolute atomic E-state index is 0.0404. The Balaban J connectivity index is 1.21. The average Bonchev–Trinajstić information content (AvgIpc) is 3.83. The van der Waals surface area contributed by atoms with E-state index in [1.54, 1.807) is 46.5 Å². The second-order valence-electron chi connectivity index (χ2n) is 13.0. The molecule has 2 aromatic carbocycles. The van der Waals surface area contributed by atoms with Crippen molar-refractivity contribution >= 4 is 40.9 Å². The number of rotatable bonds is 7. The van der Waals surface area contributed by atoms with Gasteiger partial charge in [-0.1, -0.05) is 37.1 Å². The van der Waals surface area contributed by atoms with E-state index in [0.717, 1.165) is 29.0 Å². The standard InChI is InChI=1S/C36H39N5O6S/c1-21-38-28(20-48-21)36(46)39-16-15-23(18-39)47-30-13-7-8-22-14-17-40(33(43)25-10-4-3-9-24(25)32(42)37-2)29(31(22)30)19-41-34(44)26-11-5-6-12-27(26)35(41)45/h5-8,11-13,20,23-25,29H,3-4,9-10,14-19H2,1-2H3,(H,37,42)/t23-,24-,25+,29+/m0/s1. The number of fused-ring (bicyclic) bond motifs is 2. The van der Waals surface area contributed by atoms with E-state index >= 15 is 0 Å². The van der Waals surface area contributed by atoms with Crippen LogP contribution in [0.4, 0.5) is 0 Å². The third kappa shape index (κ3) is 5.76. The van der Waals surface area contributed by atoms with Crippen LogP contribution in [0.2, 0.25) is 0 Å². The minimum atomic E-state index is -0.677. The number of hydrogen-bond acceptors (Lipinski definition) is 8. The van der Waals surface area contributed by atoms with Crippen LogP contribution >= 0.6 is 11.3 Å². The minimum Gasteiger partial charge on any atom is -0.488 e. The molecule has 1 N–H and O–H groups in total. The number of thiazole rings is 1. The first-order valence-electron chi connectivity index (χ1n) is 16.7. The van der Waals surface area contributed by atoms with Gasteiger partial charge < -0.3 is 19.9 Å². The second-order valence-corrected chi connectivity index (χ2v) is 14.1. The van der Waals surface area contributed by atoms with Crippen LogP contribution < -0.4 is 10.1 Å². The third-order valence-corrected chi connectivity index (χ3v) is 11.0. The lowest BCUT2D eigenvalue weighted by Crippen LogP contribution is -2.51. The molecule has 3 aliphatic heterocycles. The molecule has 12 heteroatoms. The van der Waals surface area contributed by atoms with Gasteiger partial charge in [0.1, 0.15) is 17.5 Å². The van der Waals surface area contributed by atoms with E-state index in [1.807, 2.05) is 25.1 Å². The van der Waals surface area contributed by atoms with Crippen molar-refractivity contribution in [1.82, 2.24) is 25.0 Å². The van der Waals surface area contributed by atoms with E-state index < -0.39 is 29.7 Å². The van der Waals surface area contributed by atoms with Gasteiger partial charge >= 0.3 is 0 Å². The number of nitrogens with zero attached hydrogens (tertiary/aromatic N) is 4. The van der Waals surface area contributed by atoms with Crippen molar-refractivity contribution in [3.63, 3.8) is 0 Å². The van der Waals surface area contributed by atoms with Gasteiger partial charge in [-0.2, -0.15) is 0 Å². The lowest BCUT2D eigenvalue weighted by molar-refractivity contribution is -0.146. The number of carbonyl (C=O) groups is 5. The fraction of sp³-hybridized carbons (Fsp3) is 0.444. The van der Waals surface area contributed by atoms with Gasteiger partial charge in [0.15, 0.2) is 0 Å². The number of amides is 5. The van der Waals surface area contributed by atoms with E-state index in [9.17, 15) is 24.0 Å². The molecule has 0 bridgehead atoms. The summed E-state index contributed by atoms with van der Waals surface area (Å²) in [5, 5.41) is 5.35. The molecule has 3 aromatic rings. The summed E-state index contributed by atoms with van der Waals surface area (Å²) in [4.78, 5) is 76.9. The van der Waals surface area contributed by atoms with Crippen molar-refractivity contribution in [2.24, 2.45) is 11.8 Å². The van der Waals surface area contributed by atoms with Gasteiger partial charge in [0.05, 0.1) is 35.3 Å². The Morgan fingerprint density at radius 1 is 0.958 bits per heavy atom. The third-order valence-electron chi connectivity index (χ3n) is 10.2. The van der Waals surface area contributed by atoms with E-state index in [0.29, 0.717) is 67.9 Å². The highest BCUT2D eigenvalue weighted by Gasteiger charge is 2.45. The summed E-state index contributed by atoms with van der Waals surface area (Å²) in [7, 11) is 1.60. The van der Waals surface area contributed by atoms with Crippen LogP contribution in [-0.2, 0) is 16.0 Å². The van der Waals surface area contributed by atoms with Gasteiger partial charge in [-0.25, -0.2) is 4.98 Å². The number of aryl methyl sites for hydroxylation is 1. The highest BCUT2D eigenvalue weighted by atomic mass is 32.1. The molecule has 0 spiro atoms. The van der Waals surface area contributed by atoms with Crippen molar-refractivity contribution in [2.45, 2.75) is 57.6 Å². The average molecular weight is 670 g/mol. The molecule has 250 valence electrons. The lowest BCUT2D eigenvalue weighted by atomic mass is 9.77. The molecule has 2 fully saturated rings. The van der Waals surface area contributed by atoms with Crippen molar-refractivity contribution in [3.8, 4) is 5.75 Å². The zero-order valence-electron chi connectivity index (χ0n) is 27.1. The Morgan fingerprint density at radius 2 is 1.69 bits per heavy atom. The number of nitrogens with one attached hydrogen (secondary N) is 1. The van der Waals surface area contributed by atoms with Crippen LogP contribution in [0.5, 0.6) is 5.75 Å². The van der Waals surface area contributed by atoms with Gasteiger partial charge in [0, 0.05) is 49.3 Å². The first-order chi connectivity index (χ1) is 23.2. The monoisotopic (exact) mass is 669 g/mol. The summed E-state index contributed by atoms with van der Waals surface area (Å²) in [5.74, 6) is -1.55. The highest BCUT2D eigenvalue weighted by molar-refractivity contribution is 7.09. The Morgan fingerprint density at radius 3 is 2.38 bits per heavy atom. The highest BCUT2D eigenvalue weighted by Crippen LogP contribution is 2.42. The van der Waals surface area contributed by atoms with Crippen LogP contribution in [0, 0.1) is 18.8 Å². The molecule has 0 radical (unpaired) electrons. The van der Waals surface area contributed by atoms with Gasteiger partial charge in [-0.05, 0) is 49.9 Å². The van der Waals surface area contributed by atoms with Crippen LogP contribution in [-0.4, -0.2) is 88.6 Å². The molecule has 1 aromatic heterocycles. The Bertz CT molecular complexity index is 1750. The Hall–Kier alpha value is -4.58. The zero-order valence-corrected chi connectivity index (χ0v) is 28.0. The molecule has 11 nitrogen and oxygen atoms in total. The second kappa shape index (κ2) is 13.1. The molecule has 1 saturated heterocycles. The molecule has 4 heterocycles. The van der Waals surface area contributed by atoms with Gasteiger partial charge in [0.25, 0.3) is 17.7 Å². The van der Waals surface area contributed by atoms with E-state index in [1.165, 1.54) is 16.2 Å². The summed E-state index contributed by atoms with van der Waals surface area (Å²) in [6, 6.07) is 11.9. The zero-order chi connectivity index (χ0) is 33.5. The SMILES string of the molecule is CNC(=O)[C@H]1CCCC[C@H]1C(=O)N1CCc2cccc(O[C@H]3CCN(C(=O)c4csc(C)n4)C3)c2[C@H]1CN1C(=O)c2ccccc2C1=O. The van der Waals surface area contributed by atoms with E-state index in [4.69, 9.17) is 4.74 Å². The molecular formula is C36H39N5O6S. The number of ether oxygens (including phenoxy) is 1. The van der Waals surface area contributed by atoms with Crippen molar-refractivity contribution in [2.75, 3.05) is 33.2 Å². The van der Waals surface area contributed by atoms with Crippen molar-refractivity contribution < 1.29 is 28.7 Å². The molecule has 0 unspecified atom stereocenters. The van der Waals surface area contributed by atoms with E-state index in [2.05, 4.69) is 10.3 Å². The fourth-order valence-electron chi connectivity index (χ4n) is 7.82. The maximum Gasteiger partial charge on any atom is 0.273 e. The van der Waals surface area contributed by atoms with Gasteiger partial charge in [-0.3, -0.25) is 28.9 Å². The molecule has 48 heavy (non-hydrogen) atoms. The molecule has 7 rings (SSSR count). The molecule has 4 aliphatic rings. The molecule has 5 amide bonds. The summed E-state index contributed by atoms with van der Waals surface area (Å²) in [6.45, 7) is 3.14.